The number of halogens is 3. The highest BCUT2D eigenvalue weighted by atomic mass is 19.4. The van der Waals surface area contributed by atoms with Crippen LogP contribution in [0.1, 0.15) is 29.9 Å². The molecule has 0 aromatic heterocycles. The average Bonchev–Trinajstić information content (AvgIpc) is 3.57. The van der Waals surface area contributed by atoms with Gasteiger partial charge >= 0.3 is 18.2 Å². The lowest BCUT2D eigenvalue weighted by atomic mass is 9.98. The molecule has 1 saturated carbocycles. The van der Waals surface area contributed by atoms with Crippen LogP contribution in [0.3, 0.4) is 0 Å². The number of benzene rings is 2. The second-order valence-corrected chi connectivity index (χ2v) is 8.39. The van der Waals surface area contributed by atoms with Crippen LogP contribution in [-0.2, 0) is 14.3 Å². The fraction of sp³-hybridized carbons (Fsp3) is 0.375. The first-order chi connectivity index (χ1) is 16.2. The molecule has 10 heteroatoms. The molecule has 2 aliphatic carbocycles. The maximum Gasteiger partial charge on any atom is 0.407 e. The Morgan fingerprint density at radius 1 is 1.03 bits per heavy atom. The van der Waals surface area contributed by atoms with E-state index in [1.165, 1.54) is 0 Å². The van der Waals surface area contributed by atoms with Crippen molar-refractivity contribution in [1.82, 2.24) is 10.2 Å². The topological polar surface area (TPSA) is 95.9 Å². The summed E-state index contributed by atoms with van der Waals surface area (Å²) in [5, 5.41) is 11.0. The van der Waals surface area contributed by atoms with E-state index in [2.05, 4.69) is 0 Å². The second kappa shape index (κ2) is 9.36. The van der Waals surface area contributed by atoms with Gasteiger partial charge in [-0.2, -0.15) is 13.2 Å². The number of fused-ring (bicyclic) bond motifs is 3. The molecule has 2 amide bonds. The van der Waals surface area contributed by atoms with Gasteiger partial charge in [0, 0.05) is 18.5 Å². The van der Waals surface area contributed by atoms with Gasteiger partial charge in [0.05, 0.1) is 0 Å². The van der Waals surface area contributed by atoms with E-state index in [-0.39, 0.29) is 12.5 Å². The monoisotopic (exact) mass is 476 g/mol. The number of rotatable bonds is 8. The van der Waals surface area contributed by atoms with Gasteiger partial charge in [-0.1, -0.05) is 48.5 Å². The van der Waals surface area contributed by atoms with Crippen molar-refractivity contribution in [2.75, 3.05) is 19.7 Å². The van der Waals surface area contributed by atoms with E-state index in [4.69, 9.17) is 9.84 Å². The molecule has 1 fully saturated rings. The molecule has 0 saturated heterocycles. The molecular weight excluding hydrogens is 453 g/mol. The van der Waals surface area contributed by atoms with E-state index in [0.29, 0.717) is 12.8 Å². The number of ether oxygens (including phenoxy) is 1. The molecule has 0 spiro atoms. The van der Waals surface area contributed by atoms with Crippen LogP contribution in [0.25, 0.3) is 11.1 Å². The first kappa shape index (κ1) is 23.6. The smallest absolute Gasteiger partial charge is 0.407 e. The zero-order chi connectivity index (χ0) is 24.5. The summed E-state index contributed by atoms with van der Waals surface area (Å²) < 4.78 is 46.0. The molecule has 0 heterocycles. The largest absolute Gasteiger partial charge is 0.480 e. The molecular formula is C24H23F3N2O5. The van der Waals surface area contributed by atoms with Gasteiger partial charge in [-0.05, 0) is 35.1 Å². The number of aliphatic carboxylic acids is 1. The quantitative estimate of drug-likeness (QED) is 0.605. The molecule has 2 aromatic rings. The van der Waals surface area contributed by atoms with Crippen molar-refractivity contribution in [1.29, 1.82) is 0 Å². The number of carboxylic acids is 1. The van der Waals surface area contributed by atoms with Crippen LogP contribution < -0.4 is 5.32 Å². The molecule has 1 unspecified atom stereocenters. The van der Waals surface area contributed by atoms with Gasteiger partial charge in [0.2, 0.25) is 5.91 Å². The zero-order valence-electron chi connectivity index (χ0n) is 18.0. The van der Waals surface area contributed by atoms with Crippen LogP contribution in [-0.4, -0.2) is 59.9 Å². The van der Waals surface area contributed by atoms with Crippen LogP contribution in [0.4, 0.5) is 18.0 Å². The number of nitrogens with one attached hydrogen (secondary N) is 1. The summed E-state index contributed by atoms with van der Waals surface area (Å²) in [6.45, 7) is -1.94. The minimum atomic E-state index is -4.96. The lowest BCUT2D eigenvalue weighted by Gasteiger charge is -2.27. The lowest BCUT2D eigenvalue weighted by molar-refractivity contribution is -0.189. The van der Waals surface area contributed by atoms with Gasteiger partial charge in [0.1, 0.15) is 13.2 Å². The molecule has 1 atom stereocenters. The van der Waals surface area contributed by atoms with Crippen molar-refractivity contribution < 1.29 is 37.4 Å². The number of amides is 2. The number of nitrogens with zero attached hydrogens (tertiary/aromatic N) is 1. The average molecular weight is 476 g/mol. The van der Waals surface area contributed by atoms with Crippen molar-refractivity contribution in [3.05, 3.63) is 59.7 Å². The minimum absolute atomic E-state index is 0.0856. The minimum Gasteiger partial charge on any atom is -0.480 e. The van der Waals surface area contributed by atoms with E-state index < -0.39 is 49.2 Å². The number of carbonyl (C=O) groups excluding carboxylic acids is 2. The highest BCUT2D eigenvalue weighted by Gasteiger charge is 2.49. The van der Waals surface area contributed by atoms with Crippen LogP contribution >= 0.6 is 0 Å². The Balaban J connectivity index is 1.39. The summed E-state index contributed by atoms with van der Waals surface area (Å²) in [4.78, 5) is 36.5. The summed E-state index contributed by atoms with van der Waals surface area (Å²) in [6.07, 6.45) is -5.15. The maximum absolute atomic E-state index is 13.6. The summed E-state index contributed by atoms with van der Waals surface area (Å²) in [5.74, 6) is -5.59. The molecule has 0 bridgehead atoms. The normalized spacial score (nSPS) is 15.7. The van der Waals surface area contributed by atoms with E-state index in [1.54, 1.807) is 0 Å². The molecule has 0 radical (unpaired) electrons. The molecule has 2 aromatic carbocycles. The second-order valence-electron chi connectivity index (χ2n) is 8.39. The zero-order valence-corrected chi connectivity index (χ0v) is 18.0. The predicted molar refractivity (Wildman–Crippen MR) is 115 cm³/mol. The van der Waals surface area contributed by atoms with Gasteiger partial charge in [0.15, 0.2) is 5.92 Å². The Kier molecular flexibility index (Phi) is 6.49. The Morgan fingerprint density at radius 2 is 1.59 bits per heavy atom. The van der Waals surface area contributed by atoms with E-state index >= 15 is 0 Å². The van der Waals surface area contributed by atoms with E-state index in [9.17, 15) is 27.6 Å². The third kappa shape index (κ3) is 5.00. The van der Waals surface area contributed by atoms with E-state index in [1.807, 2.05) is 53.8 Å². The Labute approximate surface area is 193 Å². The first-order valence-corrected chi connectivity index (χ1v) is 10.8. The molecule has 2 N–H and O–H groups in total. The van der Waals surface area contributed by atoms with Crippen LogP contribution in [0.5, 0.6) is 0 Å². The number of alkyl halides is 3. The van der Waals surface area contributed by atoms with Crippen molar-refractivity contribution in [3.63, 3.8) is 0 Å². The molecule has 7 nitrogen and oxygen atoms in total. The molecule has 2 aliphatic rings. The fourth-order valence-corrected chi connectivity index (χ4v) is 4.30. The number of alkyl carbamates (subject to hydrolysis) is 1. The van der Waals surface area contributed by atoms with Gasteiger partial charge < -0.3 is 20.1 Å². The highest BCUT2D eigenvalue weighted by molar-refractivity contribution is 5.85. The highest BCUT2D eigenvalue weighted by Crippen LogP contribution is 2.44. The third-order valence-electron chi connectivity index (χ3n) is 6.06. The van der Waals surface area contributed by atoms with Gasteiger partial charge in [-0.3, -0.25) is 9.59 Å². The lowest BCUT2D eigenvalue weighted by Crippen LogP contribution is -2.50. The SMILES string of the molecule is O=C(O)CN(C(=O)C(CNC(=O)OCC1c2ccccc2-c2ccccc21)C(F)(F)F)C1CC1. The number of carbonyl (C=O) groups is 3. The van der Waals surface area contributed by atoms with Crippen molar-refractivity contribution >= 4 is 18.0 Å². The summed E-state index contributed by atoms with van der Waals surface area (Å²) in [6, 6.07) is 14.7. The number of hydrogen-bond acceptors (Lipinski definition) is 4. The third-order valence-corrected chi connectivity index (χ3v) is 6.06. The summed E-state index contributed by atoms with van der Waals surface area (Å²) >= 11 is 0. The van der Waals surface area contributed by atoms with Crippen molar-refractivity contribution in [2.45, 2.75) is 31.0 Å². The molecule has 0 aliphatic heterocycles. The molecule has 4 rings (SSSR count). The Hall–Kier alpha value is -3.56. The van der Waals surface area contributed by atoms with E-state index in [0.717, 1.165) is 27.2 Å². The number of carboxylic acid groups (broad SMARTS) is 1. The van der Waals surface area contributed by atoms with Gasteiger partial charge in [-0.15, -0.1) is 0 Å². The predicted octanol–water partition coefficient (Wildman–Crippen LogP) is 3.78. The van der Waals surface area contributed by atoms with Crippen LogP contribution in [0, 0.1) is 5.92 Å². The van der Waals surface area contributed by atoms with Gasteiger partial charge in [-0.25, -0.2) is 4.79 Å². The summed E-state index contributed by atoms with van der Waals surface area (Å²) in [7, 11) is 0. The summed E-state index contributed by atoms with van der Waals surface area (Å²) in [5.41, 5.74) is 3.92. The van der Waals surface area contributed by atoms with Crippen LogP contribution in [0.15, 0.2) is 48.5 Å². The number of hydrogen-bond donors (Lipinski definition) is 2. The standard InChI is InChI=1S/C24H23F3N2O5/c25-24(26,27)20(22(32)29(12-21(30)31)14-9-10-14)11-28-23(33)34-13-19-17-7-3-1-5-15(17)16-6-2-4-8-18(16)19/h1-8,14,19-20H,9-13H2,(H,28,33)(H,30,31). The van der Waals surface area contributed by atoms with Crippen LogP contribution in [0.2, 0.25) is 0 Å². The fourth-order valence-electron chi connectivity index (χ4n) is 4.30. The Bertz CT molecular complexity index is 1050. The van der Waals surface area contributed by atoms with Crippen molar-refractivity contribution in [3.8, 4) is 11.1 Å². The molecule has 180 valence electrons. The van der Waals surface area contributed by atoms with Gasteiger partial charge in [0.25, 0.3) is 0 Å². The molecule has 34 heavy (non-hydrogen) atoms. The first-order valence-electron chi connectivity index (χ1n) is 10.8. The maximum atomic E-state index is 13.6. The Morgan fingerprint density at radius 3 is 2.09 bits per heavy atom. The van der Waals surface area contributed by atoms with Crippen molar-refractivity contribution in [2.24, 2.45) is 5.92 Å².